The molecule has 0 unspecified atom stereocenters. The smallest absolute Gasteiger partial charge is 0.315 e. The molecule has 2 rings (SSSR count). The molecular weight excluding hydrogens is 286 g/mol. The van der Waals surface area contributed by atoms with Crippen molar-refractivity contribution in [2.75, 3.05) is 6.61 Å². The lowest BCUT2D eigenvalue weighted by molar-refractivity contribution is -0.0331. The van der Waals surface area contributed by atoms with Crippen molar-refractivity contribution in [3.8, 4) is 0 Å². The van der Waals surface area contributed by atoms with E-state index >= 15 is 0 Å². The fourth-order valence-corrected chi connectivity index (χ4v) is 3.39. The molecular formula is C15H25N3O2S. The van der Waals surface area contributed by atoms with Gasteiger partial charge in [-0.25, -0.2) is 9.78 Å². The van der Waals surface area contributed by atoms with Crippen molar-refractivity contribution in [2.24, 2.45) is 5.92 Å². The van der Waals surface area contributed by atoms with Gasteiger partial charge in [-0.2, -0.15) is 0 Å². The zero-order chi connectivity index (χ0) is 15.1. The van der Waals surface area contributed by atoms with Gasteiger partial charge in [-0.15, -0.1) is 11.3 Å². The van der Waals surface area contributed by atoms with E-state index in [0.717, 1.165) is 38.0 Å². The Kier molecular flexibility index (Phi) is 6.45. The third kappa shape index (κ3) is 4.97. The summed E-state index contributed by atoms with van der Waals surface area (Å²) in [4.78, 5) is 16.1. The van der Waals surface area contributed by atoms with Crippen molar-refractivity contribution in [2.45, 2.75) is 58.2 Å². The molecule has 5 nitrogen and oxygen atoms in total. The van der Waals surface area contributed by atoms with Crippen LogP contribution in [0, 0.1) is 5.92 Å². The zero-order valence-corrected chi connectivity index (χ0v) is 13.6. The predicted molar refractivity (Wildman–Crippen MR) is 84.3 cm³/mol. The topological polar surface area (TPSA) is 63.2 Å². The number of urea groups is 1. The summed E-state index contributed by atoms with van der Waals surface area (Å²) in [5, 5.41) is 7.86. The summed E-state index contributed by atoms with van der Waals surface area (Å²) in [6.45, 7) is 5.62. The first-order valence-corrected chi connectivity index (χ1v) is 8.70. The lowest BCUT2D eigenvalue weighted by Gasteiger charge is -2.34. The number of rotatable bonds is 6. The van der Waals surface area contributed by atoms with E-state index < -0.39 is 0 Å². The van der Waals surface area contributed by atoms with Crippen LogP contribution >= 0.6 is 11.3 Å². The third-order valence-corrected chi connectivity index (χ3v) is 4.77. The number of nitrogens with zero attached hydrogens (tertiary/aromatic N) is 1. The minimum absolute atomic E-state index is 0.113. The highest BCUT2D eigenvalue weighted by molar-refractivity contribution is 7.07. The van der Waals surface area contributed by atoms with Gasteiger partial charge in [0.25, 0.3) is 0 Å². The quantitative estimate of drug-likeness (QED) is 0.849. The second kappa shape index (κ2) is 8.34. The van der Waals surface area contributed by atoms with Crippen molar-refractivity contribution in [3.63, 3.8) is 0 Å². The van der Waals surface area contributed by atoms with Crippen LogP contribution in [0.4, 0.5) is 4.79 Å². The SMILES string of the molecule is CCC(CC)[C@H]1C[C@H](NC(=O)NCc2cscn2)CCO1. The van der Waals surface area contributed by atoms with Crippen LogP contribution in [0.25, 0.3) is 0 Å². The highest BCUT2D eigenvalue weighted by Crippen LogP contribution is 2.25. The number of thiazole rings is 1. The minimum atomic E-state index is -0.113. The van der Waals surface area contributed by atoms with Gasteiger partial charge in [0, 0.05) is 18.0 Å². The van der Waals surface area contributed by atoms with Crippen LogP contribution in [-0.2, 0) is 11.3 Å². The molecule has 6 heteroatoms. The third-order valence-electron chi connectivity index (χ3n) is 4.14. The first-order chi connectivity index (χ1) is 10.2. The molecule has 118 valence electrons. The number of hydrogen-bond donors (Lipinski definition) is 2. The molecule has 0 radical (unpaired) electrons. The number of carbonyl (C=O) groups excluding carboxylic acids is 1. The first-order valence-electron chi connectivity index (χ1n) is 7.75. The maximum atomic E-state index is 11.9. The molecule has 1 aromatic rings. The normalized spacial score (nSPS) is 22.2. The van der Waals surface area contributed by atoms with E-state index in [1.807, 2.05) is 5.38 Å². The predicted octanol–water partition coefficient (Wildman–Crippen LogP) is 2.93. The zero-order valence-electron chi connectivity index (χ0n) is 12.8. The summed E-state index contributed by atoms with van der Waals surface area (Å²) < 4.78 is 5.87. The van der Waals surface area contributed by atoms with Gasteiger partial charge >= 0.3 is 6.03 Å². The van der Waals surface area contributed by atoms with E-state index in [1.54, 1.807) is 5.51 Å². The van der Waals surface area contributed by atoms with Crippen molar-refractivity contribution in [3.05, 3.63) is 16.6 Å². The molecule has 2 atom stereocenters. The van der Waals surface area contributed by atoms with Crippen molar-refractivity contribution in [1.29, 1.82) is 0 Å². The number of amides is 2. The Morgan fingerprint density at radius 2 is 2.33 bits per heavy atom. The Morgan fingerprint density at radius 1 is 1.52 bits per heavy atom. The van der Waals surface area contributed by atoms with Gasteiger partial charge in [-0.05, 0) is 18.8 Å². The van der Waals surface area contributed by atoms with Gasteiger partial charge in [0.05, 0.1) is 23.9 Å². The monoisotopic (exact) mass is 311 g/mol. The van der Waals surface area contributed by atoms with E-state index in [2.05, 4.69) is 29.5 Å². The Hall–Kier alpha value is -1.14. The van der Waals surface area contributed by atoms with Crippen molar-refractivity contribution >= 4 is 17.4 Å². The van der Waals surface area contributed by atoms with Gasteiger partial charge in [-0.1, -0.05) is 26.7 Å². The Labute approximate surface area is 130 Å². The summed E-state index contributed by atoms with van der Waals surface area (Å²) in [6, 6.07) is 0.0954. The number of hydrogen-bond acceptors (Lipinski definition) is 4. The van der Waals surface area contributed by atoms with Gasteiger partial charge < -0.3 is 15.4 Å². The average Bonchev–Trinajstić information content (AvgIpc) is 3.00. The highest BCUT2D eigenvalue weighted by atomic mass is 32.1. The molecule has 0 saturated carbocycles. The number of nitrogens with one attached hydrogen (secondary N) is 2. The van der Waals surface area contributed by atoms with Crippen LogP contribution in [0.5, 0.6) is 0 Å². The molecule has 0 spiro atoms. The van der Waals surface area contributed by atoms with E-state index in [4.69, 9.17) is 4.74 Å². The first kappa shape index (κ1) is 16.2. The van der Waals surface area contributed by atoms with E-state index in [0.29, 0.717) is 12.5 Å². The van der Waals surface area contributed by atoms with Crippen molar-refractivity contribution < 1.29 is 9.53 Å². The molecule has 1 aromatic heterocycles. The van der Waals surface area contributed by atoms with Crippen LogP contribution in [-0.4, -0.2) is 29.8 Å². The van der Waals surface area contributed by atoms with E-state index in [1.165, 1.54) is 11.3 Å². The fourth-order valence-electron chi connectivity index (χ4n) is 2.83. The minimum Gasteiger partial charge on any atom is -0.378 e. The van der Waals surface area contributed by atoms with E-state index in [9.17, 15) is 4.79 Å². The van der Waals surface area contributed by atoms with Gasteiger partial charge in [0.1, 0.15) is 0 Å². The molecule has 2 amide bonds. The average molecular weight is 311 g/mol. The molecule has 2 N–H and O–H groups in total. The standard InChI is InChI=1S/C15H25N3O2S/c1-3-11(4-2)14-7-12(5-6-20-14)18-15(19)16-8-13-9-21-10-17-13/h9-12,14H,3-8H2,1-2H3,(H2,16,18,19)/t12-,14-/m1/s1. The molecule has 21 heavy (non-hydrogen) atoms. The molecule has 2 heterocycles. The second-order valence-electron chi connectivity index (χ2n) is 5.51. The summed E-state index contributed by atoms with van der Waals surface area (Å²) in [5.74, 6) is 0.590. The molecule has 1 fully saturated rings. The lowest BCUT2D eigenvalue weighted by atomic mass is 9.89. The van der Waals surface area contributed by atoms with E-state index in [-0.39, 0.29) is 18.2 Å². The molecule has 1 aliphatic rings. The van der Waals surface area contributed by atoms with Crippen LogP contribution in [0.2, 0.25) is 0 Å². The summed E-state index contributed by atoms with van der Waals surface area (Å²) >= 11 is 1.54. The van der Waals surface area contributed by atoms with Crippen LogP contribution in [0.15, 0.2) is 10.9 Å². The summed E-state index contributed by atoms with van der Waals surface area (Å²) in [6.07, 6.45) is 4.34. The summed E-state index contributed by atoms with van der Waals surface area (Å²) in [5.41, 5.74) is 2.67. The molecule has 0 aromatic carbocycles. The molecule has 1 aliphatic heterocycles. The van der Waals surface area contributed by atoms with Crippen LogP contribution in [0.1, 0.15) is 45.2 Å². The molecule has 0 bridgehead atoms. The lowest BCUT2D eigenvalue weighted by Crippen LogP contribution is -2.47. The molecule has 1 saturated heterocycles. The second-order valence-corrected chi connectivity index (χ2v) is 6.23. The number of carbonyl (C=O) groups is 1. The van der Waals surface area contributed by atoms with Gasteiger partial charge in [0.15, 0.2) is 0 Å². The number of aromatic nitrogens is 1. The van der Waals surface area contributed by atoms with Gasteiger partial charge in [0.2, 0.25) is 0 Å². The fraction of sp³-hybridized carbons (Fsp3) is 0.733. The van der Waals surface area contributed by atoms with Gasteiger partial charge in [-0.3, -0.25) is 0 Å². The van der Waals surface area contributed by atoms with Crippen LogP contribution in [0.3, 0.4) is 0 Å². The highest BCUT2D eigenvalue weighted by Gasteiger charge is 2.28. The Morgan fingerprint density at radius 3 is 3.00 bits per heavy atom. The maximum absolute atomic E-state index is 11.9. The Bertz CT molecular complexity index is 421. The van der Waals surface area contributed by atoms with Crippen LogP contribution < -0.4 is 10.6 Å². The Balaban J connectivity index is 1.75. The summed E-state index contributed by atoms with van der Waals surface area (Å²) in [7, 11) is 0. The number of ether oxygens (including phenoxy) is 1. The maximum Gasteiger partial charge on any atom is 0.315 e. The molecule has 0 aliphatic carbocycles. The largest absolute Gasteiger partial charge is 0.378 e. The van der Waals surface area contributed by atoms with Crippen molar-refractivity contribution in [1.82, 2.24) is 15.6 Å².